The third kappa shape index (κ3) is 2.86. The molecule has 1 aliphatic carbocycles. The Bertz CT molecular complexity index is 920. The van der Waals surface area contributed by atoms with Crippen molar-refractivity contribution < 1.29 is 9.59 Å². The number of fused-ring (bicyclic) bond motifs is 1. The van der Waals surface area contributed by atoms with Gasteiger partial charge in [0.1, 0.15) is 5.52 Å². The molecule has 0 N–H and O–H groups in total. The zero-order valence-corrected chi connectivity index (χ0v) is 16.1. The van der Waals surface area contributed by atoms with Crippen LogP contribution in [-0.4, -0.2) is 57.8 Å². The van der Waals surface area contributed by atoms with E-state index in [2.05, 4.69) is 14.9 Å². The second-order valence-corrected chi connectivity index (χ2v) is 8.64. The number of para-hydroxylation sites is 1. The van der Waals surface area contributed by atoms with E-state index in [0.717, 1.165) is 37.9 Å². The Morgan fingerprint density at radius 2 is 1.96 bits per heavy atom. The molecule has 1 saturated carbocycles. The highest BCUT2D eigenvalue weighted by atomic mass is 16.2. The molecule has 1 aromatic carbocycles. The number of nitrogens with zero attached hydrogens (tertiary/aromatic N) is 4. The summed E-state index contributed by atoms with van der Waals surface area (Å²) in [4.78, 5) is 39.2. The zero-order valence-electron chi connectivity index (χ0n) is 16.1. The molecule has 5 rings (SSSR count). The minimum absolute atomic E-state index is 0.0353. The van der Waals surface area contributed by atoms with E-state index in [-0.39, 0.29) is 17.2 Å². The largest absolute Gasteiger partial charge is 0.342 e. The van der Waals surface area contributed by atoms with Crippen LogP contribution >= 0.6 is 0 Å². The number of benzene rings is 1. The van der Waals surface area contributed by atoms with E-state index in [1.165, 1.54) is 19.3 Å². The van der Waals surface area contributed by atoms with Crippen LogP contribution in [0, 0.1) is 11.3 Å². The molecule has 2 amide bonds. The van der Waals surface area contributed by atoms with Crippen LogP contribution in [0.3, 0.4) is 0 Å². The number of aromatic nitrogens is 2. The first kappa shape index (κ1) is 17.6. The number of piperidine rings is 1. The molecule has 3 aliphatic rings. The fourth-order valence-corrected chi connectivity index (χ4v) is 5.07. The molecule has 6 heteroatoms. The topological polar surface area (TPSA) is 66.4 Å². The van der Waals surface area contributed by atoms with Crippen LogP contribution in [-0.2, 0) is 4.79 Å². The Labute approximate surface area is 164 Å². The third-order valence-electron chi connectivity index (χ3n) is 6.90. The highest BCUT2D eigenvalue weighted by Crippen LogP contribution is 2.41. The van der Waals surface area contributed by atoms with Gasteiger partial charge in [0.15, 0.2) is 0 Å². The van der Waals surface area contributed by atoms with Gasteiger partial charge in [-0.1, -0.05) is 12.5 Å². The predicted octanol–water partition coefficient (Wildman–Crippen LogP) is 2.88. The van der Waals surface area contributed by atoms with Crippen LogP contribution in [0.1, 0.15) is 48.9 Å². The Kier molecular flexibility index (Phi) is 4.29. The van der Waals surface area contributed by atoms with Gasteiger partial charge in [-0.2, -0.15) is 0 Å². The van der Waals surface area contributed by atoms with Crippen molar-refractivity contribution in [1.82, 2.24) is 19.8 Å². The van der Waals surface area contributed by atoms with Crippen LogP contribution in [0.2, 0.25) is 0 Å². The van der Waals surface area contributed by atoms with Crippen molar-refractivity contribution in [2.75, 3.05) is 26.2 Å². The van der Waals surface area contributed by atoms with E-state index in [9.17, 15) is 9.59 Å². The van der Waals surface area contributed by atoms with Gasteiger partial charge < -0.3 is 9.80 Å². The average Bonchev–Trinajstić information content (AvgIpc) is 3.12. The van der Waals surface area contributed by atoms with Gasteiger partial charge in [-0.25, -0.2) is 0 Å². The second kappa shape index (κ2) is 6.83. The van der Waals surface area contributed by atoms with E-state index in [1.54, 1.807) is 12.4 Å². The van der Waals surface area contributed by atoms with Crippen LogP contribution in [0.25, 0.3) is 11.0 Å². The zero-order chi connectivity index (χ0) is 19.1. The van der Waals surface area contributed by atoms with Gasteiger partial charge in [0.25, 0.3) is 5.91 Å². The number of amides is 2. The normalized spacial score (nSPS) is 25.5. The Morgan fingerprint density at radius 3 is 2.79 bits per heavy atom. The first-order valence-electron chi connectivity index (χ1n) is 10.4. The fraction of sp³-hybridized carbons (Fsp3) is 0.545. The number of carbonyl (C=O) groups is 2. The molecule has 2 aliphatic heterocycles. The molecule has 2 aromatic rings. The molecule has 6 nitrogen and oxygen atoms in total. The lowest BCUT2D eigenvalue weighted by atomic mass is 9.77. The SMILES string of the molecule is O=C(c1cccc2nccnc12)N1CC[C@@]2(CCCN(CC3CCC3)C2=O)C1. The Balaban J connectivity index is 1.36. The third-order valence-corrected chi connectivity index (χ3v) is 6.90. The van der Waals surface area contributed by atoms with Crippen molar-refractivity contribution >= 4 is 22.8 Å². The number of hydrogen-bond donors (Lipinski definition) is 0. The molecule has 1 aromatic heterocycles. The molecule has 1 spiro atoms. The molecule has 0 bridgehead atoms. The number of hydrogen-bond acceptors (Lipinski definition) is 4. The van der Waals surface area contributed by atoms with E-state index >= 15 is 0 Å². The lowest BCUT2D eigenvalue weighted by molar-refractivity contribution is -0.146. The molecule has 3 heterocycles. The summed E-state index contributed by atoms with van der Waals surface area (Å²) in [5.41, 5.74) is 1.56. The first-order chi connectivity index (χ1) is 13.7. The van der Waals surface area contributed by atoms with Crippen LogP contribution in [0.4, 0.5) is 0 Å². The average molecular weight is 378 g/mol. The summed E-state index contributed by atoms with van der Waals surface area (Å²) in [6.45, 7) is 2.96. The highest BCUT2D eigenvalue weighted by molar-refractivity contribution is 6.05. The Morgan fingerprint density at radius 1 is 1.11 bits per heavy atom. The van der Waals surface area contributed by atoms with Crippen LogP contribution in [0.5, 0.6) is 0 Å². The number of likely N-dealkylation sites (tertiary alicyclic amines) is 2. The van der Waals surface area contributed by atoms with Crippen molar-refractivity contribution in [3.63, 3.8) is 0 Å². The molecule has 2 saturated heterocycles. The van der Waals surface area contributed by atoms with E-state index in [0.29, 0.717) is 30.1 Å². The summed E-state index contributed by atoms with van der Waals surface area (Å²) >= 11 is 0. The first-order valence-corrected chi connectivity index (χ1v) is 10.4. The van der Waals surface area contributed by atoms with Crippen LogP contribution in [0.15, 0.2) is 30.6 Å². The monoisotopic (exact) mass is 378 g/mol. The second-order valence-electron chi connectivity index (χ2n) is 8.64. The summed E-state index contributed by atoms with van der Waals surface area (Å²) in [7, 11) is 0. The summed E-state index contributed by atoms with van der Waals surface area (Å²) in [5, 5.41) is 0. The molecule has 0 radical (unpaired) electrons. The van der Waals surface area contributed by atoms with Gasteiger partial charge in [0.05, 0.1) is 16.5 Å². The van der Waals surface area contributed by atoms with Crippen molar-refractivity contribution in [1.29, 1.82) is 0 Å². The molecule has 0 unspecified atom stereocenters. The molecule has 1 atom stereocenters. The van der Waals surface area contributed by atoms with Gasteiger partial charge in [0.2, 0.25) is 5.91 Å². The Hall–Kier alpha value is -2.50. The smallest absolute Gasteiger partial charge is 0.256 e. The van der Waals surface area contributed by atoms with Gasteiger partial charge in [-0.15, -0.1) is 0 Å². The van der Waals surface area contributed by atoms with Crippen LogP contribution < -0.4 is 0 Å². The van der Waals surface area contributed by atoms with Crippen molar-refractivity contribution in [3.8, 4) is 0 Å². The molecular weight excluding hydrogens is 352 g/mol. The maximum absolute atomic E-state index is 13.3. The summed E-state index contributed by atoms with van der Waals surface area (Å²) < 4.78 is 0. The van der Waals surface area contributed by atoms with Gasteiger partial charge in [0, 0.05) is 38.6 Å². The van der Waals surface area contributed by atoms with Gasteiger partial charge in [-0.3, -0.25) is 19.6 Å². The summed E-state index contributed by atoms with van der Waals surface area (Å²) in [6, 6.07) is 5.53. The van der Waals surface area contributed by atoms with Crippen molar-refractivity contribution in [2.24, 2.45) is 11.3 Å². The summed E-state index contributed by atoms with van der Waals surface area (Å²) in [5.74, 6) is 0.929. The maximum Gasteiger partial charge on any atom is 0.256 e. The molecule has 3 fully saturated rings. The van der Waals surface area contributed by atoms with Gasteiger partial charge >= 0.3 is 0 Å². The minimum atomic E-state index is -0.381. The van der Waals surface area contributed by atoms with E-state index in [1.807, 2.05) is 23.1 Å². The lowest BCUT2D eigenvalue weighted by Gasteiger charge is -2.42. The lowest BCUT2D eigenvalue weighted by Crippen LogP contribution is -2.52. The summed E-state index contributed by atoms with van der Waals surface area (Å²) in [6.07, 6.45) is 9.77. The molecule has 146 valence electrons. The van der Waals surface area contributed by atoms with E-state index < -0.39 is 0 Å². The van der Waals surface area contributed by atoms with E-state index in [4.69, 9.17) is 0 Å². The van der Waals surface area contributed by atoms with Gasteiger partial charge in [-0.05, 0) is 50.2 Å². The van der Waals surface area contributed by atoms with Crippen molar-refractivity contribution in [3.05, 3.63) is 36.2 Å². The number of rotatable bonds is 3. The maximum atomic E-state index is 13.3. The fourth-order valence-electron chi connectivity index (χ4n) is 5.07. The standard InChI is InChI=1S/C22H26N4O2/c27-20(17-6-2-7-18-19(17)24-11-10-23-18)26-13-9-22(15-26)8-3-12-25(21(22)28)14-16-4-1-5-16/h2,6-7,10-11,16H,1,3-5,8-9,12-15H2/t22-/m0/s1. The molecular formula is C22H26N4O2. The minimum Gasteiger partial charge on any atom is -0.342 e. The quantitative estimate of drug-likeness (QED) is 0.824. The van der Waals surface area contributed by atoms with Crippen molar-refractivity contribution in [2.45, 2.75) is 38.5 Å². The molecule has 28 heavy (non-hydrogen) atoms. The predicted molar refractivity (Wildman–Crippen MR) is 106 cm³/mol. The number of carbonyl (C=O) groups excluding carboxylic acids is 2. The highest BCUT2D eigenvalue weighted by Gasteiger charge is 2.49.